The highest BCUT2D eigenvalue weighted by Gasteiger charge is 2.50. The Labute approximate surface area is 228 Å². The van der Waals surface area contributed by atoms with Crippen molar-refractivity contribution < 1.29 is 45.8 Å². The molecule has 0 radical (unpaired) electrons. The summed E-state index contributed by atoms with van der Waals surface area (Å²) in [4.78, 5) is 23.7. The lowest BCUT2D eigenvalue weighted by molar-refractivity contribution is -0.257. The van der Waals surface area contributed by atoms with Gasteiger partial charge in [0.2, 0.25) is 5.60 Å². The topological polar surface area (TPSA) is 128 Å². The standard InChI is InChI=1S/C24H29ClF3N3O7S/c1-6-30-13-18(20(25)29-30)39(35,36)31-12-15(11-22(2,3)21(33)34)37-17-8-7-14(9-16(17)31)10-19(32)38-23(4,5)24(26,27)28/h7-9,13,15H,6,10-12H2,1-5H3,(H,33,34)/t15-/m1/s1. The van der Waals surface area contributed by atoms with Crippen molar-refractivity contribution in [3.05, 3.63) is 35.1 Å². The van der Waals surface area contributed by atoms with Gasteiger partial charge in [-0.1, -0.05) is 17.7 Å². The molecule has 3 rings (SSSR count). The first-order chi connectivity index (χ1) is 17.8. The summed E-state index contributed by atoms with van der Waals surface area (Å²) < 4.78 is 79.9. The Hall–Kier alpha value is -3.00. The number of hydrogen-bond acceptors (Lipinski definition) is 7. The molecule has 0 aliphatic carbocycles. The predicted octanol–water partition coefficient (Wildman–Crippen LogP) is 4.44. The highest BCUT2D eigenvalue weighted by atomic mass is 35.5. The molecule has 0 fully saturated rings. The van der Waals surface area contributed by atoms with Gasteiger partial charge in [0.05, 0.1) is 24.1 Å². The number of rotatable bonds is 9. The van der Waals surface area contributed by atoms with Crippen LogP contribution in [0.15, 0.2) is 29.3 Å². The lowest BCUT2D eigenvalue weighted by Crippen LogP contribution is -2.46. The van der Waals surface area contributed by atoms with Crippen LogP contribution in [0.4, 0.5) is 18.9 Å². The smallest absolute Gasteiger partial charge is 0.427 e. The van der Waals surface area contributed by atoms with Gasteiger partial charge >= 0.3 is 18.1 Å². The molecule has 216 valence electrons. The average Bonchev–Trinajstić information content (AvgIpc) is 3.18. The van der Waals surface area contributed by atoms with E-state index in [1.54, 1.807) is 6.92 Å². The van der Waals surface area contributed by atoms with Crippen LogP contribution in [0, 0.1) is 5.41 Å². The number of carboxylic acid groups (broad SMARTS) is 1. The summed E-state index contributed by atoms with van der Waals surface area (Å²) in [5.74, 6) is -2.20. The number of ether oxygens (including phenoxy) is 2. The van der Waals surface area contributed by atoms with Crippen molar-refractivity contribution in [2.45, 2.75) is 76.8 Å². The van der Waals surface area contributed by atoms with Crippen molar-refractivity contribution in [2.24, 2.45) is 5.41 Å². The Morgan fingerprint density at radius 3 is 2.41 bits per heavy atom. The molecule has 0 unspecified atom stereocenters. The van der Waals surface area contributed by atoms with Gasteiger partial charge in [-0.15, -0.1) is 0 Å². The number of carbonyl (C=O) groups is 2. The van der Waals surface area contributed by atoms with Gasteiger partial charge in [-0.2, -0.15) is 18.3 Å². The Morgan fingerprint density at radius 1 is 1.23 bits per heavy atom. The number of halogens is 4. The molecule has 1 N–H and O–H groups in total. The minimum atomic E-state index is -4.79. The van der Waals surface area contributed by atoms with Crippen LogP contribution in [0.1, 0.15) is 46.6 Å². The third-order valence-corrected chi connectivity index (χ3v) is 8.42. The second kappa shape index (κ2) is 10.5. The number of fused-ring (bicyclic) bond motifs is 1. The number of carbonyl (C=O) groups excluding carboxylic acids is 1. The molecule has 1 atom stereocenters. The number of aromatic nitrogens is 2. The maximum Gasteiger partial charge on any atom is 0.427 e. The molecule has 0 spiro atoms. The summed E-state index contributed by atoms with van der Waals surface area (Å²) in [6.45, 7) is 6.18. The largest absolute Gasteiger partial charge is 0.486 e. The molecule has 2 aromatic rings. The second-order valence-corrected chi connectivity index (χ2v) is 12.5. The van der Waals surface area contributed by atoms with E-state index in [0.29, 0.717) is 6.54 Å². The third-order valence-electron chi connectivity index (χ3n) is 6.25. The first-order valence-electron chi connectivity index (χ1n) is 11.9. The molecular weight excluding hydrogens is 567 g/mol. The minimum Gasteiger partial charge on any atom is -0.486 e. The summed E-state index contributed by atoms with van der Waals surface area (Å²) >= 11 is 6.14. The number of alkyl halides is 3. The van der Waals surface area contributed by atoms with Gasteiger partial charge in [-0.3, -0.25) is 18.6 Å². The van der Waals surface area contributed by atoms with Crippen molar-refractivity contribution in [1.82, 2.24) is 9.78 Å². The zero-order valence-electron chi connectivity index (χ0n) is 21.9. The van der Waals surface area contributed by atoms with Gasteiger partial charge in [0.15, 0.2) is 5.15 Å². The van der Waals surface area contributed by atoms with Gasteiger partial charge in [0, 0.05) is 19.2 Å². The molecule has 0 bridgehead atoms. The fourth-order valence-corrected chi connectivity index (χ4v) is 5.78. The number of aliphatic carboxylic acids is 1. The molecule has 15 heteroatoms. The monoisotopic (exact) mass is 595 g/mol. The molecule has 1 aromatic carbocycles. The molecule has 0 saturated heterocycles. The van der Waals surface area contributed by atoms with E-state index < -0.39 is 51.7 Å². The predicted molar refractivity (Wildman–Crippen MR) is 134 cm³/mol. The number of carboxylic acids is 1. The van der Waals surface area contributed by atoms with E-state index in [4.69, 9.17) is 16.3 Å². The van der Waals surface area contributed by atoms with Gasteiger partial charge in [-0.25, -0.2) is 8.42 Å². The molecule has 0 amide bonds. The Morgan fingerprint density at radius 2 is 1.87 bits per heavy atom. The van der Waals surface area contributed by atoms with Crippen molar-refractivity contribution in [1.29, 1.82) is 0 Å². The lowest BCUT2D eigenvalue weighted by atomic mass is 9.86. The van der Waals surface area contributed by atoms with Crippen molar-refractivity contribution in [2.75, 3.05) is 10.8 Å². The minimum absolute atomic E-state index is 0.0000721. The normalized spacial score (nSPS) is 16.4. The first-order valence-corrected chi connectivity index (χ1v) is 13.7. The van der Waals surface area contributed by atoms with Crippen molar-refractivity contribution in [3.8, 4) is 5.75 Å². The zero-order chi connectivity index (χ0) is 29.6. The zero-order valence-corrected chi connectivity index (χ0v) is 23.4. The Bertz CT molecular complexity index is 1370. The molecule has 39 heavy (non-hydrogen) atoms. The maximum atomic E-state index is 13.8. The molecule has 1 aliphatic heterocycles. The number of nitrogens with zero attached hydrogens (tertiary/aromatic N) is 3. The van der Waals surface area contributed by atoms with Crippen molar-refractivity contribution >= 4 is 39.3 Å². The van der Waals surface area contributed by atoms with Gasteiger partial charge in [-0.05, 0) is 52.3 Å². The van der Waals surface area contributed by atoms with Crippen LogP contribution in [0.2, 0.25) is 5.15 Å². The molecule has 1 aromatic heterocycles. The Kier molecular flexibility index (Phi) is 8.24. The van der Waals surface area contributed by atoms with Crippen LogP contribution in [-0.4, -0.2) is 59.7 Å². The van der Waals surface area contributed by atoms with Gasteiger partial charge < -0.3 is 14.6 Å². The summed E-state index contributed by atoms with van der Waals surface area (Å²) in [6.07, 6.45) is -5.04. The lowest BCUT2D eigenvalue weighted by Gasteiger charge is -2.37. The van der Waals surface area contributed by atoms with E-state index in [0.717, 1.165) is 18.2 Å². The molecular formula is C24H29ClF3N3O7S. The summed E-state index contributed by atoms with van der Waals surface area (Å²) in [6, 6.07) is 4.05. The van der Waals surface area contributed by atoms with Gasteiger partial charge in [0.25, 0.3) is 10.0 Å². The molecule has 0 saturated carbocycles. The van der Waals surface area contributed by atoms with Crippen LogP contribution in [0.25, 0.3) is 0 Å². The van der Waals surface area contributed by atoms with Gasteiger partial charge in [0.1, 0.15) is 16.7 Å². The first kappa shape index (κ1) is 30.5. The quantitative estimate of drug-likeness (QED) is 0.422. The Balaban J connectivity index is 2.02. The van der Waals surface area contributed by atoms with E-state index in [9.17, 15) is 36.3 Å². The second-order valence-electron chi connectivity index (χ2n) is 10.3. The van der Waals surface area contributed by atoms with Crippen LogP contribution >= 0.6 is 11.6 Å². The maximum absolute atomic E-state index is 13.8. The number of hydrogen-bond donors (Lipinski definition) is 1. The summed E-state index contributed by atoms with van der Waals surface area (Å²) in [5.41, 5.74) is -3.81. The fourth-order valence-electron chi connectivity index (χ4n) is 3.84. The number of anilines is 1. The van der Waals surface area contributed by atoms with E-state index >= 15 is 0 Å². The van der Waals surface area contributed by atoms with Crippen LogP contribution in [0.3, 0.4) is 0 Å². The van der Waals surface area contributed by atoms with E-state index in [2.05, 4.69) is 9.84 Å². The number of esters is 1. The molecule has 1 aliphatic rings. The average molecular weight is 596 g/mol. The van der Waals surface area contributed by atoms with Crippen molar-refractivity contribution in [3.63, 3.8) is 0 Å². The number of aryl methyl sites for hydroxylation is 1. The van der Waals surface area contributed by atoms with Crippen LogP contribution in [-0.2, 0) is 37.3 Å². The fraction of sp³-hybridized carbons (Fsp3) is 0.542. The SMILES string of the molecule is CCn1cc(S(=O)(=O)N2C[C@@H](CC(C)(C)C(=O)O)Oc3ccc(CC(=O)OC(C)(C)C(F)(F)F)cc32)c(Cl)n1. The summed E-state index contributed by atoms with van der Waals surface area (Å²) in [7, 11) is -4.37. The summed E-state index contributed by atoms with van der Waals surface area (Å²) in [5, 5.41) is 13.3. The van der Waals surface area contributed by atoms with E-state index in [1.165, 1.54) is 42.9 Å². The van der Waals surface area contributed by atoms with Crippen LogP contribution < -0.4 is 9.04 Å². The molecule has 10 nitrogen and oxygen atoms in total. The third kappa shape index (κ3) is 6.43. The highest BCUT2D eigenvalue weighted by molar-refractivity contribution is 7.93. The van der Waals surface area contributed by atoms with Crippen LogP contribution in [0.5, 0.6) is 5.75 Å². The van der Waals surface area contributed by atoms with E-state index in [-0.39, 0.29) is 40.0 Å². The number of sulfonamides is 1. The number of benzene rings is 1. The molecule has 2 heterocycles. The van der Waals surface area contributed by atoms with E-state index in [1.807, 2.05) is 0 Å². The highest BCUT2D eigenvalue weighted by Crippen LogP contribution is 2.41.